The van der Waals surface area contributed by atoms with Gasteiger partial charge in [-0.05, 0) is 17.7 Å². The Morgan fingerprint density at radius 3 is 2.36 bits per heavy atom. The summed E-state index contributed by atoms with van der Waals surface area (Å²) in [5.41, 5.74) is 1.56. The molecule has 0 fully saturated rings. The smallest absolute Gasteiger partial charge is 0.300 e. The van der Waals surface area contributed by atoms with Crippen molar-refractivity contribution in [3.8, 4) is 0 Å². The van der Waals surface area contributed by atoms with E-state index in [1.807, 2.05) is 42.5 Å². The monoisotopic (exact) mass is 297 g/mol. The molecule has 3 aromatic rings. The minimum atomic E-state index is -0.833. The molecule has 6 nitrogen and oxygen atoms in total. The molecule has 0 radical (unpaired) electrons. The van der Waals surface area contributed by atoms with Gasteiger partial charge in [0.1, 0.15) is 5.52 Å². The first kappa shape index (κ1) is 15.4. The second-order valence-corrected chi connectivity index (χ2v) is 4.57. The van der Waals surface area contributed by atoms with Crippen molar-refractivity contribution in [2.75, 3.05) is 0 Å². The van der Waals surface area contributed by atoms with Crippen molar-refractivity contribution >= 4 is 16.9 Å². The highest BCUT2D eigenvalue weighted by atomic mass is 16.4. The quantitative estimate of drug-likeness (QED) is 0.781. The van der Waals surface area contributed by atoms with Gasteiger partial charge >= 0.3 is 0 Å². The predicted molar refractivity (Wildman–Crippen MR) is 82.7 cm³/mol. The van der Waals surface area contributed by atoms with Crippen molar-refractivity contribution in [3.63, 3.8) is 0 Å². The standard InChI is InChI=1S/C14H11N3O.C2H4O2/c18-14-12-8-4-5-9-13(12)15-16-17(14)10-11-6-2-1-3-7-11;1-2(3)4/h1-9H,10H2;1H3,(H,3,4). The Balaban J connectivity index is 0.000000396. The summed E-state index contributed by atoms with van der Waals surface area (Å²) in [6.07, 6.45) is 0. The van der Waals surface area contributed by atoms with Gasteiger partial charge in [-0.15, -0.1) is 5.10 Å². The topological polar surface area (TPSA) is 85.1 Å². The van der Waals surface area contributed by atoms with Crippen LogP contribution in [0.25, 0.3) is 10.9 Å². The zero-order valence-electron chi connectivity index (χ0n) is 12.0. The zero-order valence-corrected chi connectivity index (χ0v) is 12.0. The lowest BCUT2D eigenvalue weighted by Gasteiger charge is -2.04. The summed E-state index contributed by atoms with van der Waals surface area (Å²) in [6, 6.07) is 17.0. The Morgan fingerprint density at radius 2 is 1.68 bits per heavy atom. The van der Waals surface area contributed by atoms with Gasteiger partial charge in [0, 0.05) is 6.92 Å². The lowest BCUT2D eigenvalue weighted by Crippen LogP contribution is -2.24. The van der Waals surface area contributed by atoms with Crippen LogP contribution >= 0.6 is 0 Å². The Morgan fingerprint density at radius 1 is 1.09 bits per heavy atom. The number of nitrogens with zero attached hydrogens (tertiary/aromatic N) is 3. The Hall–Kier alpha value is -3.02. The lowest BCUT2D eigenvalue weighted by atomic mass is 10.2. The van der Waals surface area contributed by atoms with Crippen LogP contribution in [0, 0.1) is 0 Å². The molecule has 3 rings (SSSR count). The highest BCUT2D eigenvalue weighted by Crippen LogP contribution is 2.05. The maximum atomic E-state index is 12.2. The van der Waals surface area contributed by atoms with Crippen LogP contribution in [0.3, 0.4) is 0 Å². The molecule has 0 amide bonds. The number of benzene rings is 2. The van der Waals surface area contributed by atoms with E-state index in [0.717, 1.165) is 12.5 Å². The van der Waals surface area contributed by atoms with Crippen molar-refractivity contribution in [3.05, 3.63) is 70.5 Å². The first-order valence-electron chi connectivity index (χ1n) is 6.64. The minimum Gasteiger partial charge on any atom is -0.481 e. The number of aliphatic carboxylic acids is 1. The first-order valence-corrected chi connectivity index (χ1v) is 6.64. The maximum Gasteiger partial charge on any atom is 0.300 e. The molecular formula is C16H15N3O3. The number of carboxylic acid groups (broad SMARTS) is 1. The predicted octanol–water partition coefficient (Wildman–Crippen LogP) is 1.93. The third-order valence-corrected chi connectivity index (χ3v) is 2.80. The van der Waals surface area contributed by atoms with Crippen LogP contribution in [0.15, 0.2) is 59.4 Å². The Kier molecular flexibility index (Phi) is 4.98. The van der Waals surface area contributed by atoms with Gasteiger partial charge in [0.2, 0.25) is 0 Å². The van der Waals surface area contributed by atoms with Gasteiger partial charge in [-0.25, -0.2) is 4.68 Å². The second kappa shape index (κ2) is 7.12. The van der Waals surface area contributed by atoms with E-state index < -0.39 is 5.97 Å². The number of hydrogen-bond acceptors (Lipinski definition) is 4. The molecule has 0 aliphatic rings. The first-order chi connectivity index (χ1) is 10.6. The number of aromatic nitrogens is 3. The number of carbonyl (C=O) groups is 1. The average Bonchev–Trinajstić information content (AvgIpc) is 2.51. The average molecular weight is 297 g/mol. The van der Waals surface area contributed by atoms with Crippen molar-refractivity contribution in [2.24, 2.45) is 0 Å². The van der Waals surface area contributed by atoms with Gasteiger partial charge in [0.25, 0.3) is 11.5 Å². The van der Waals surface area contributed by atoms with E-state index in [4.69, 9.17) is 9.90 Å². The van der Waals surface area contributed by atoms with Gasteiger partial charge < -0.3 is 5.11 Å². The molecule has 0 aliphatic heterocycles. The van der Waals surface area contributed by atoms with Crippen LogP contribution in [-0.4, -0.2) is 26.1 Å². The third kappa shape index (κ3) is 3.99. The van der Waals surface area contributed by atoms with Crippen LogP contribution in [0.5, 0.6) is 0 Å². The van der Waals surface area contributed by atoms with E-state index in [2.05, 4.69) is 10.3 Å². The normalized spacial score (nSPS) is 9.86. The van der Waals surface area contributed by atoms with Gasteiger partial charge in [0.15, 0.2) is 0 Å². The fraction of sp³-hybridized carbons (Fsp3) is 0.125. The highest BCUT2D eigenvalue weighted by Gasteiger charge is 2.04. The van der Waals surface area contributed by atoms with E-state index in [-0.39, 0.29) is 5.56 Å². The van der Waals surface area contributed by atoms with E-state index >= 15 is 0 Å². The van der Waals surface area contributed by atoms with Crippen molar-refractivity contribution in [1.82, 2.24) is 15.0 Å². The second-order valence-electron chi connectivity index (χ2n) is 4.57. The summed E-state index contributed by atoms with van der Waals surface area (Å²) in [6.45, 7) is 1.53. The molecule has 22 heavy (non-hydrogen) atoms. The van der Waals surface area contributed by atoms with Crippen LogP contribution in [-0.2, 0) is 11.3 Å². The summed E-state index contributed by atoms with van der Waals surface area (Å²) in [5, 5.41) is 16.0. The van der Waals surface area contributed by atoms with Gasteiger partial charge in [0.05, 0.1) is 11.9 Å². The molecule has 2 aromatic carbocycles. The molecule has 1 heterocycles. The molecule has 1 N–H and O–H groups in total. The van der Waals surface area contributed by atoms with E-state index in [1.54, 1.807) is 12.1 Å². The molecule has 0 saturated carbocycles. The lowest BCUT2D eigenvalue weighted by molar-refractivity contribution is -0.134. The zero-order chi connectivity index (χ0) is 15.9. The molecule has 0 spiro atoms. The molecule has 0 unspecified atom stereocenters. The molecule has 112 valence electrons. The van der Waals surface area contributed by atoms with Crippen molar-refractivity contribution in [2.45, 2.75) is 13.5 Å². The van der Waals surface area contributed by atoms with E-state index in [0.29, 0.717) is 17.4 Å². The molecule has 0 saturated heterocycles. The number of carboxylic acids is 1. The highest BCUT2D eigenvalue weighted by molar-refractivity contribution is 5.76. The fourth-order valence-corrected chi connectivity index (χ4v) is 1.88. The SMILES string of the molecule is CC(=O)O.O=c1c2ccccc2nnn1Cc1ccccc1. The summed E-state index contributed by atoms with van der Waals surface area (Å²) in [5.74, 6) is -0.833. The van der Waals surface area contributed by atoms with E-state index in [9.17, 15) is 4.79 Å². The molecule has 0 aliphatic carbocycles. The Bertz CT molecular complexity index is 825. The number of rotatable bonds is 2. The molecule has 0 bridgehead atoms. The van der Waals surface area contributed by atoms with Crippen molar-refractivity contribution < 1.29 is 9.90 Å². The van der Waals surface area contributed by atoms with Crippen LogP contribution in [0.4, 0.5) is 0 Å². The van der Waals surface area contributed by atoms with Crippen LogP contribution < -0.4 is 5.56 Å². The summed E-state index contributed by atoms with van der Waals surface area (Å²) in [4.78, 5) is 21.2. The fourth-order valence-electron chi connectivity index (χ4n) is 1.88. The maximum absolute atomic E-state index is 12.2. The van der Waals surface area contributed by atoms with Gasteiger partial charge in [-0.1, -0.05) is 47.7 Å². The molecule has 0 atom stereocenters. The minimum absolute atomic E-state index is 0.107. The van der Waals surface area contributed by atoms with E-state index in [1.165, 1.54) is 4.68 Å². The van der Waals surface area contributed by atoms with Crippen LogP contribution in [0.2, 0.25) is 0 Å². The molecular weight excluding hydrogens is 282 g/mol. The number of hydrogen-bond donors (Lipinski definition) is 1. The Labute approximate surface area is 126 Å². The summed E-state index contributed by atoms with van der Waals surface area (Å²) < 4.78 is 1.39. The van der Waals surface area contributed by atoms with Gasteiger partial charge in [-0.2, -0.15) is 0 Å². The molecule has 1 aromatic heterocycles. The summed E-state index contributed by atoms with van der Waals surface area (Å²) in [7, 11) is 0. The van der Waals surface area contributed by atoms with Crippen molar-refractivity contribution in [1.29, 1.82) is 0 Å². The number of fused-ring (bicyclic) bond motifs is 1. The third-order valence-electron chi connectivity index (χ3n) is 2.80. The summed E-state index contributed by atoms with van der Waals surface area (Å²) >= 11 is 0. The molecule has 6 heteroatoms. The van der Waals surface area contributed by atoms with Crippen LogP contribution in [0.1, 0.15) is 12.5 Å². The van der Waals surface area contributed by atoms with Gasteiger partial charge in [-0.3, -0.25) is 9.59 Å². The largest absolute Gasteiger partial charge is 0.481 e.